The average molecular weight is 350 g/mol. The van der Waals surface area contributed by atoms with Crippen LogP contribution in [0, 0.1) is 5.92 Å². The quantitative estimate of drug-likeness (QED) is 0.818. The number of alkyl halides is 3. The van der Waals surface area contributed by atoms with Crippen LogP contribution in [0.25, 0.3) is 0 Å². The molecule has 0 radical (unpaired) electrons. The Bertz CT molecular complexity index is 509. The van der Waals surface area contributed by atoms with Crippen molar-refractivity contribution < 1.29 is 32.7 Å². The third-order valence-electron chi connectivity index (χ3n) is 4.54. The number of amides is 2. The van der Waals surface area contributed by atoms with Crippen molar-refractivity contribution in [1.29, 1.82) is 0 Å². The number of nitrogens with zero attached hydrogens (tertiary/aromatic N) is 2. The van der Waals surface area contributed by atoms with Crippen LogP contribution in [-0.4, -0.2) is 64.5 Å². The van der Waals surface area contributed by atoms with E-state index in [0.717, 1.165) is 12.8 Å². The monoisotopic (exact) mass is 350 g/mol. The van der Waals surface area contributed by atoms with Gasteiger partial charge in [-0.3, -0.25) is 14.4 Å². The molecule has 2 aliphatic heterocycles. The number of piperidine rings is 1. The first-order chi connectivity index (χ1) is 11.2. The minimum absolute atomic E-state index is 0.0573. The fraction of sp³-hybridized carbons (Fsp3) is 0.800. The first-order valence-corrected chi connectivity index (χ1v) is 8.04. The molecule has 0 aliphatic carbocycles. The second-order valence-corrected chi connectivity index (χ2v) is 6.40. The predicted octanol–water partition coefficient (Wildman–Crippen LogP) is 1.64. The molecule has 1 N–H and O–H groups in total. The lowest BCUT2D eigenvalue weighted by Crippen LogP contribution is -2.47. The van der Waals surface area contributed by atoms with Gasteiger partial charge in [-0.05, 0) is 25.7 Å². The molecule has 9 heteroatoms. The van der Waals surface area contributed by atoms with Gasteiger partial charge in [-0.15, -0.1) is 0 Å². The highest BCUT2D eigenvalue weighted by atomic mass is 19.4. The van der Waals surface area contributed by atoms with Crippen molar-refractivity contribution in [2.75, 3.05) is 19.6 Å². The van der Waals surface area contributed by atoms with E-state index in [0.29, 0.717) is 24.3 Å². The highest BCUT2D eigenvalue weighted by Gasteiger charge is 2.42. The van der Waals surface area contributed by atoms with Crippen LogP contribution >= 0.6 is 0 Å². The molecule has 2 atom stereocenters. The summed E-state index contributed by atoms with van der Waals surface area (Å²) in [6.07, 6.45) is -2.07. The molecular formula is C15H21F3N2O4. The molecule has 2 rings (SSSR count). The maximum absolute atomic E-state index is 12.6. The van der Waals surface area contributed by atoms with Gasteiger partial charge in [-0.2, -0.15) is 13.2 Å². The fourth-order valence-corrected chi connectivity index (χ4v) is 3.42. The van der Waals surface area contributed by atoms with Gasteiger partial charge in [0.2, 0.25) is 11.8 Å². The molecule has 24 heavy (non-hydrogen) atoms. The topological polar surface area (TPSA) is 77.9 Å². The number of carboxylic acid groups (broad SMARTS) is 1. The number of rotatable bonds is 5. The van der Waals surface area contributed by atoms with Crippen molar-refractivity contribution in [2.45, 2.75) is 50.7 Å². The summed E-state index contributed by atoms with van der Waals surface area (Å²) >= 11 is 0. The number of carboxylic acids is 1. The third-order valence-corrected chi connectivity index (χ3v) is 4.54. The van der Waals surface area contributed by atoms with E-state index in [2.05, 4.69) is 0 Å². The molecule has 136 valence electrons. The summed E-state index contributed by atoms with van der Waals surface area (Å²) in [5.41, 5.74) is 0. The molecule has 2 saturated heterocycles. The predicted molar refractivity (Wildman–Crippen MR) is 77.0 cm³/mol. The minimum atomic E-state index is -4.48. The summed E-state index contributed by atoms with van der Waals surface area (Å²) in [5.74, 6) is -2.71. The van der Waals surface area contributed by atoms with E-state index in [4.69, 9.17) is 5.11 Å². The van der Waals surface area contributed by atoms with Gasteiger partial charge in [-0.25, -0.2) is 0 Å². The Morgan fingerprint density at radius 1 is 1.25 bits per heavy atom. The van der Waals surface area contributed by atoms with Crippen molar-refractivity contribution in [2.24, 2.45) is 5.92 Å². The van der Waals surface area contributed by atoms with Gasteiger partial charge < -0.3 is 14.9 Å². The Hall–Kier alpha value is -1.80. The lowest BCUT2D eigenvalue weighted by atomic mass is 9.95. The molecule has 0 aromatic carbocycles. The maximum atomic E-state index is 12.6. The molecule has 0 bridgehead atoms. The summed E-state index contributed by atoms with van der Waals surface area (Å²) in [6.45, 7) is -1.09. The lowest BCUT2D eigenvalue weighted by molar-refractivity contribution is -0.157. The zero-order valence-electron chi connectivity index (χ0n) is 13.2. The van der Waals surface area contributed by atoms with E-state index in [-0.39, 0.29) is 31.3 Å². The largest absolute Gasteiger partial charge is 0.481 e. The fourth-order valence-electron chi connectivity index (χ4n) is 3.42. The number of hydrogen-bond acceptors (Lipinski definition) is 3. The van der Waals surface area contributed by atoms with Crippen LogP contribution in [0.3, 0.4) is 0 Å². The van der Waals surface area contributed by atoms with Crippen molar-refractivity contribution in [1.82, 2.24) is 9.80 Å². The first-order valence-electron chi connectivity index (χ1n) is 8.04. The van der Waals surface area contributed by atoms with Crippen LogP contribution in [-0.2, 0) is 14.4 Å². The number of carbonyl (C=O) groups excluding carboxylic acids is 2. The summed E-state index contributed by atoms with van der Waals surface area (Å²) in [7, 11) is 0. The summed E-state index contributed by atoms with van der Waals surface area (Å²) in [4.78, 5) is 37.3. The molecule has 0 spiro atoms. The van der Waals surface area contributed by atoms with Crippen LogP contribution < -0.4 is 0 Å². The SMILES string of the molecule is O=C(O)CCC1CCCCN1C(=O)C1CC(=O)N(CC(F)(F)F)C1. The van der Waals surface area contributed by atoms with Gasteiger partial charge in [0.15, 0.2) is 0 Å². The highest BCUT2D eigenvalue weighted by Crippen LogP contribution is 2.28. The minimum Gasteiger partial charge on any atom is -0.481 e. The second kappa shape index (κ2) is 7.40. The first kappa shape index (κ1) is 18.5. The smallest absolute Gasteiger partial charge is 0.406 e. The average Bonchev–Trinajstić information content (AvgIpc) is 2.84. The van der Waals surface area contributed by atoms with Crippen LogP contribution in [0.1, 0.15) is 38.5 Å². The Labute approximate surface area is 137 Å². The summed E-state index contributed by atoms with van der Waals surface area (Å²) in [5, 5.41) is 8.80. The number of hydrogen-bond donors (Lipinski definition) is 1. The Morgan fingerprint density at radius 2 is 1.96 bits per heavy atom. The zero-order valence-corrected chi connectivity index (χ0v) is 13.2. The number of aliphatic carboxylic acids is 1. The molecule has 2 heterocycles. The normalized spacial score (nSPS) is 25.2. The molecule has 2 fully saturated rings. The van der Waals surface area contributed by atoms with Crippen molar-refractivity contribution in [3.8, 4) is 0 Å². The van der Waals surface area contributed by atoms with Crippen molar-refractivity contribution in [3.63, 3.8) is 0 Å². The van der Waals surface area contributed by atoms with Gasteiger partial charge in [0, 0.05) is 32.0 Å². The van der Waals surface area contributed by atoms with Crippen molar-refractivity contribution in [3.05, 3.63) is 0 Å². The van der Waals surface area contributed by atoms with E-state index in [9.17, 15) is 27.6 Å². The van der Waals surface area contributed by atoms with Crippen LogP contribution in [0.15, 0.2) is 0 Å². The molecule has 0 aromatic heterocycles. The molecule has 0 saturated carbocycles. The molecule has 6 nitrogen and oxygen atoms in total. The van der Waals surface area contributed by atoms with Gasteiger partial charge in [-0.1, -0.05) is 0 Å². The van der Waals surface area contributed by atoms with Gasteiger partial charge in [0.1, 0.15) is 6.54 Å². The standard InChI is InChI=1S/C15H21F3N2O4/c16-15(17,18)9-19-8-10(7-12(19)21)14(24)20-6-2-1-3-11(20)4-5-13(22)23/h10-11H,1-9H2,(H,22,23). The van der Waals surface area contributed by atoms with E-state index in [1.807, 2.05) is 0 Å². The molecular weight excluding hydrogens is 329 g/mol. The van der Waals surface area contributed by atoms with E-state index in [1.165, 1.54) is 0 Å². The number of carbonyl (C=O) groups is 3. The van der Waals surface area contributed by atoms with E-state index < -0.39 is 30.5 Å². The summed E-state index contributed by atoms with van der Waals surface area (Å²) in [6, 6.07) is -0.214. The van der Waals surface area contributed by atoms with Crippen LogP contribution in [0.2, 0.25) is 0 Å². The second-order valence-electron chi connectivity index (χ2n) is 6.40. The summed E-state index contributed by atoms with van der Waals surface area (Å²) < 4.78 is 37.4. The number of likely N-dealkylation sites (tertiary alicyclic amines) is 2. The molecule has 2 unspecified atom stereocenters. The van der Waals surface area contributed by atoms with Crippen LogP contribution in [0.5, 0.6) is 0 Å². The molecule has 2 amide bonds. The molecule has 0 aromatic rings. The van der Waals surface area contributed by atoms with Gasteiger partial charge in [0.25, 0.3) is 0 Å². The Kier molecular flexibility index (Phi) is 5.71. The van der Waals surface area contributed by atoms with Gasteiger partial charge in [0.05, 0.1) is 5.92 Å². The Balaban J connectivity index is 1.98. The third kappa shape index (κ3) is 4.85. The maximum Gasteiger partial charge on any atom is 0.406 e. The molecule has 2 aliphatic rings. The van der Waals surface area contributed by atoms with Gasteiger partial charge >= 0.3 is 12.1 Å². The number of halogens is 3. The lowest BCUT2D eigenvalue weighted by Gasteiger charge is -2.37. The highest BCUT2D eigenvalue weighted by molar-refractivity contribution is 5.89. The van der Waals surface area contributed by atoms with Crippen LogP contribution in [0.4, 0.5) is 13.2 Å². The Morgan fingerprint density at radius 3 is 2.58 bits per heavy atom. The van der Waals surface area contributed by atoms with Crippen molar-refractivity contribution >= 4 is 17.8 Å². The zero-order chi connectivity index (χ0) is 17.9. The van der Waals surface area contributed by atoms with E-state index in [1.54, 1.807) is 4.90 Å². The van der Waals surface area contributed by atoms with E-state index >= 15 is 0 Å².